The van der Waals surface area contributed by atoms with Crippen LogP contribution in [0.4, 0.5) is 0 Å². The lowest BCUT2D eigenvalue weighted by Crippen LogP contribution is -2.06. The molecule has 0 saturated heterocycles. The van der Waals surface area contributed by atoms with E-state index in [1.165, 1.54) is 17.2 Å². The summed E-state index contributed by atoms with van der Waals surface area (Å²) in [4.78, 5) is 12.4. The van der Waals surface area contributed by atoms with Crippen LogP contribution in [0, 0.1) is 27.7 Å². The number of carbonyl (C=O) groups excluding carboxylic acids is 1. The first-order valence-corrected chi connectivity index (χ1v) is 11.2. The highest BCUT2D eigenvalue weighted by molar-refractivity contribution is 5.87. The Kier molecular flexibility index (Phi) is 6.72. The molecule has 0 amide bonds. The van der Waals surface area contributed by atoms with Crippen LogP contribution in [0.25, 0.3) is 17.5 Å². The zero-order chi connectivity index (χ0) is 24.2. The summed E-state index contributed by atoms with van der Waals surface area (Å²) >= 11 is 0. The number of ether oxygens (including phenoxy) is 1. The molecular formula is C27H28N4O3. The van der Waals surface area contributed by atoms with Crippen molar-refractivity contribution >= 4 is 12.0 Å². The standard InChI is InChI=1S/C27H28N4O3/c1-17-6-10-22(11-7-17)16-31-20(4)24(19(3)30-31)14-15-25(32)33-21(5)26-28-29-27(34-26)23-12-8-18(2)9-13-23/h6-15,21H,16H2,1-5H3/b15-14+. The lowest BCUT2D eigenvalue weighted by molar-refractivity contribution is -0.143. The van der Waals surface area contributed by atoms with Gasteiger partial charge in [-0.1, -0.05) is 47.5 Å². The summed E-state index contributed by atoms with van der Waals surface area (Å²) in [6.07, 6.45) is 2.47. The highest BCUT2D eigenvalue weighted by atomic mass is 16.6. The van der Waals surface area contributed by atoms with Gasteiger partial charge >= 0.3 is 5.97 Å². The molecule has 174 valence electrons. The van der Waals surface area contributed by atoms with Gasteiger partial charge in [-0.3, -0.25) is 4.68 Å². The summed E-state index contributed by atoms with van der Waals surface area (Å²) in [6, 6.07) is 16.1. The largest absolute Gasteiger partial charge is 0.449 e. The van der Waals surface area contributed by atoms with Crippen LogP contribution in [0.5, 0.6) is 0 Å². The zero-order valence-electron chi connectivity index (χ0n) is 20.1. The summed E-state index contributed by atoms with van der Waals surface area (Å²) < 4.78 is 13.1. The maximum absolute atomic E-state index is 12.4. The topological polar surface area (TPSA) is 83.0 Å². The van der Waals surface area contributed by atoms with Gasteiger partial charge in [0.25, 0.3) is 5.89 Å². The van der Waals surface area contributed by atoms with Crippen LogP contribution in [0.1, 0.15) is 52.6 Å². The van der Waals surface area contributed by atoms with E-state index >= 15 is 0 Å². The fourth-order valence-electron chi connectivity index (χ4n) is 3.60. The molecule has 0 aliphatic rings. The molecule has 0 aliphatic carbocycles. The van der Waals surface area contributed by atoms with E-state index in [1.807, 2.05) is 49.7 Å². The minimum absolute atomic E-state index is 0.246. The van der Waals surface area contributed by atoms with Crippen LogP contribution < -0.4 is 0 Å². The Morgan fingerprint density at radius 3 is 2.32 bits per heavy atom. The van der Waals surface area contributed by atoms with Crippen molar-refractivity contribution in [3.63, 3.8) is 0 Å². The van der Waals surface area contributed by atoms with Crippen LogP contribution in [0.2, 0.25) is 0 Å². The Bertz CT molecular complexity index is 1320. The van der Waals surface area contributed by atoms with Crippen molar-refractivity contribution in [3.8, 4) is 11.5 Å². The van der Waals surface area contributed by atoms with Gasteiger partial charge in [0.15, 0.2) is 6.10 Å². The molecule has 0 bridgehead atoms. The number of hydrogen-bond donors (Lipinski definition) is 0. The Morgan fingerprint density at radius 1 is 1.00 bits per heavy atom. The van der Waals surface area contributed by atoms with Crippen molar-refractivity contribution in [1.29, 1.82) is 0 Å². The fourth-order valence-corrected chi connectivity index (χ4v) is 3.60. The lowest BCUT2D eigenvalue weighted by atomic mass is 10.1. The Morgan fingerprint density at radius 2 is 1.65 bits per heavy atom. The van der Waals surface area contributed by atoms with Crippen molar-refractivity contribution < 1.29 is 13.9 Å². The molecule has 7 heteroatoms. The molecule has 4 rings (SSSR count). The van der Waals surface area contributed by atoms with Gasteiger partial charge in [-0.05, 0) is 58.4 Å². The molecule has 1 unspecified atom stereocenters. The molecule has 7 nitrogen and oxygen atoms in total. The Hall–Kier alpha value is -4.00. The van der Waals surface area contributed by atoms with E-state index in [9.17, 15) is 4.79 Å². The summed E-state index contributed by atoms with van der Waals surface area (Å²) in [6.45, 7) is 10.4. The molecule has 0 spiro atoms. The molecule has 2 aromatic carbocycles. The summed E-state index contributed by atoms with van der Waals surface area (Å²) in [5.41, 5.74) is 7.08. The molecule has 2 aromatic heterocycles. The van der Waals surface area contributed by atoms with Gasteiger partial charge in [0.05, 0.1) is 12.2 Å². The third-order valence-electron chi connectivity index (χ3n) is 5.66. The number of rotatable bonds is 7. The summed E-state index contributed by atoms with van der Waals surface area (Å²) in [7, 11) is 0. The van der Waals surface area contributed by atoms with Gasteiger partial charge in [-0.2, -0.15) is 5.10 Å². The van der Waals surface area contributed by atoms with E-state index in [2.05, 4.69) is 46.5 Å². The number of aromatic nitrogens is 4. The number of carbonyl (C=O) groups is 1. The van der Waals surface area contributed by atoms with Gasteiger partial charge in [0.2, 0.25) is 5.89 Å². The highest BCUT2D eigenvalue weighted by Gasteiger charge is 2.18. The highest BCUT2D eigenvalue weighted by Crippen LogP contribution is 2.23. The molecule has 0 radical (unpaired) electrons. The smallest absolute Gasteiger partial charge is 0.331 e. The number of aryl methyl sites for hydroxylation is 3. The van der Waals surface area contributed by atoms with Crippen molar-refractivity contribution in [2.45, 2.75) is 47.3 Å². The lowest BCUT2D eigenvalue weighted by Gasteiger charge is -2.07. The van der Waals surface area contributed by atoms with Gasteiger partial charge < -0.3 is 9.15 Å². The van der Waals surface area contributed by atoms with E-state index in [0.29, 0.717) is 12.4 Å². The third-order valence-corrected chi connectivity index (χ3v) is 5.66. The van der Waals surface area contributed by atoms with Gasteiger partial charge in [0.1, 0.15) is 0 Å². The monoisotopic (exact) mass is 456 g/mol. The van der Waals surface area contributed by atoms with E-state index in [4.69, 9.17) is 9.15 Å². The molecule has 1 atom stereocenters. The molecule has 0 N–H and O–H groups in total. The molecule has 4 aromatic rings. The predicted octanol–water partition coefficient (Wildman–Crippen LogP) is 5.53. The molecule has 0 saturated carbocycles. The van der Waals surface area contributed by atoms with Crippen LogP contribution >= 0.6 is 0 Å². The number of benzene rings is 2. The van der Waals surface area contributed by atoms with E-state index < -0.39 is 12.1 Å². The van der Waals surface area contributed by atoms with Crippen LogP contribution in [0.15, 0.2) is 59.0 Å². The number of esters is 1. The second-order valence-electron chi connectivity index (χ2n) is 8.45. The average Bonchev–Trinajstić information content (AvgIpc) is 3.40. The fraction of sp³-hybridized carbons (Fsp3) is 0.259. The maximum Gasteiger partial charge on any atom is 0.331 e. The third kappa shape index (κ3) is 5.31. The Labute approximate surface area is 199 Å². The first-order chi connectivity index (χ1) is 16.3. The van der Waals surface area contributed by atoms with Crippen molar-refractivity contribution in [2.75, 3.05) is 0 Å². The van der Waals surface area contributed by atoms with E-state index in [1.54, 1.807) is 13.0 Å². The normalized spacial score (nSPS) is 12.3. The average molecular weight is 457 g/mol. The summed E-state index contributed by atoms with van der Waals surface area (Å²) in [5.74, 6) is 0.143. The number of nitrogens with zero attached hydrogens (tertiary/aromatic N) is 4. The van der Waals surface area contributed by atoms with Gasteiger partial charge in [0, 0.05) is 22.9 Å². The zero-order valence-corrected chi connectivity index (χ0v) is 20.1. The van der Waals surface area contributed by atoms with Crippen LogP contribution in [0.3, 0.4) is 0 Å². The first kappa shape index (κ1) is 23.2. The second kappa shape index (κ2) is 9.87. The van der Waals surface area contributed by atoms with Crippen molar-refractivity contribution in [3.05, 3.63) is 94.1 Å². The quantitative estimate of drug-likeness (QED) is 0.268. The second-order valence-corrected chi connectivity index (χ2v) is 8.45. The minimum atomic E-state index is -0.671. The van der Waals surface area contributed by atoms with E-state index in [0.717, 1.165) is 28.1 Å². The summed E-state index contributed by atoms with van der Waals surface area (Å²) in [5, 5.41) is 12.7. The Balaban J connectivity index is 1.40. The van der Waals surface area contributed by atoms with Crippen molar-refractivity contribution in [1.82, 2.24) is 20.0 Å². The van der Waals surface area contributed by atoms with Gasteiger partial charge in [-0.15, -0.1) is 10.2 Å². The van der Waals surface area contributed by atoms with E-state index in [-0.39, 0.29) is 5.89 Å². The number of hydrogen-bond acceptors (Lipinski definition) is 6. The van der Waals surface area contributed by atoms with Gasteiger partial charge in [-0.25, -0.2) is 4.79 Å². The first-order valence-electron chi connectivity index (χ1n) is 11.2. The van der Waals surface area contributed by atoms with Crippen LogP contribution in [-0.2, 0) is 16.1 Å². The predicted molar refractivity (Wildman–Crippen MR) is 130 cm³/mol. The molecule has 0 fully saturated rings. The maximum atomic E-state index is 12.4. The van der Waals surface area contributed by atoms with Crippen LogP contribution in [-0.4, -0.2) is 25.9 Å². The minimum Gasteiger partial charge on any atom is -0.449 e. The molecule has 2 heterocycles. The van der Waals surface area contributed by atoms with Crippen molar-refractivity contribution in [2.24, 2.45) is 0 Å². The SMILES string of the molecule is Cc1ccc(Cn2nc(C)c(/C=C/C(=O)OC(C)c3nnc(-c4ccc(C)cc4)o3)c2C)cc1. The molecule has 0 aliphatic heterocycles. The molecular weight excluding hydrogens is 428 g/mol. The molecule has 34 heavy (non-hydrogen) atoms.